The molecule has 1 aromatic rings. The van der Waals surface area contributed by atoms with Gasteiger partial charge in [0.2, 0.25) is 0 Å². The van der Waals surface area contributed by atoms with Crippen LogP contribution in [0.15, 0.2) is 18.3 Å². The Morgan fingerprint density at radius 1 is 1.23 bits per heavy atom. The first kappa shape index (κ1) is 17.3. The highest BCUT2D eigenvalue weighted by Crippen LogP contribution is 2.26. The zero-order valence-corrected chi connectivity index (χ0v) is 15.5. The number of rotatable bonds is 2. The molecule has 1 fully saturated rings. The van der Waals surface area contributed by atoms with Crippen molar-refractivity contribution in [1.29, 1.82) is 0 Å². The third-order valence-electron chi connectivity index (χ3n) is 4.22. The molecular formula is C17H29N3OS. The van der Waals surface area contributed by atoms with E-state index >= 15 is 0 Å². The van der Waals surface area contributed by atoms with Crippen molar-refractivity contribution in [2.75, 3.05) is 24.2 Å². The number of hydrogen-bond donors (Lipinski definition) is 0. The minimum Gasteiger partial charge on any atom is -0.353 e. The van der Waals surface area contributed by atoms with Crippen LogP contribution in [0.3, 0.4) is 0 Å². The molecule has 5 heteroatoms. The fourth-order valence-corrected chi connectivity index (χ4v) is 4.93. The van der Waals surface area contributed by atoms with Crippen molar-refractivity contribution in [2.24, 2.45) is 0 Å². The maximum atomic E-state index is 12.3. The van der Waals surface area contributed by atoms with Crippen LogP contribution >= 0.6 is 0 Å². The summed E-state index contributed by atoms with van der Waals surface area (Å²) in [7, 11) is -2.17. The van der Waals surface area contributed by atoms with E-state index in [0.717, 1.165) is 18.9 Å². The van der Waals surface area contributed by atoms with Gasteiger partial charge in [-0.3, -0.25) is 4.21 Å². The van der Waals surface area contributed by atoms with Gasteiger partial charge >= 0.3 is 0 Å². The fourth-order valence-electron chi connectivity index (χ4n) is 3.27. The van der Waals surface area contributed by atoms with Crippen molar-refractivity contribution in [3.63, 3.8) is 0 Å². The summed E-state index contributed by atoms with van der Waals surface area (Å²) in [5.41, 5.74) is 1.36. The molecule has 22 heavy (non-hydrogen) atoms. The first-order valence-corrected chi connectivity index (χ1v) is 9.91. The van der Waals surface area contributed by atoms with Crippen molar-refractivity contribution >= 4 is 21.4 Å². The van der Waals surface area contributed by atoms with Gasteiger partial charge in [-0.25, -0.2) is 9.29 Å². The molecule has 4 nitrogen and oxygen atoms in total. The summed E-state index contributed by atoms with van der Waals surface area (Å²) >= 11 is 0. The molecule has 1 aliphatic heterocycles. The normalized spacial score (nSPS) is 26.7. The Morgan fingerprint density at radius 2 is 1.77 bits per heavy atom. The van der Waals surface area contributed by atoms with Crippen LogP contribution in [0, 0.1) is 0 Å². The van der Waals surface area contributed by atoms with Gasteiger partial charge in [0.05, 0.1) is 0 Å². The van der Waals surface area contributed by atoms with E-state index in [4.69, 9.17) is 0 Å². The van der Waals surface area contributed by atoms with Gasteiger partial charge in [-0.15, -0.1) is 0 Å². The lowest BCUT2D eigenvalue weighted by Crippen LogP contribution is -2.58. The molecule has 0 aromatic carbocycles. The molecule has 124 valence electrons. The van der Waals surface area contributed by atoms with Crippen LogP contribution in [0.25, 0.3) is 0 Å². The summed E-state index contributed by atoms with van der Waals surface area (Å²) in [6.45, 7) is 12.5. The number of anilines is 1. The molecule has 0 spiro atoms. The van der Waals surface area contributed by atoms with Crippen LogP contribution < -0.4 is 4.90 Å². The summed E-state index contributed by atoms with van der Waals surface area (Å²) in [5.74, 6) is 4.85. The first-order chi connectivity index (χ1) is 10.00. The Bertz CT molecular complexity index is 604. The van der Waals surface area contributed by atoms with Crippen molar-refractivity contribution in [3.05, 3.63) is 23.9 Å². The summed E-state index contributed by atoms with van der Waals surface area (Å²) in [6, 6.07) is 4.66. The molecule has 0 radical (unpaired) electrons. The van der Waals surface area contributed by atoms with Crippen molar-refractivity contribution < 1.29 is 4.21 Å². The van der Waals surface area contributed by atoms with Gasteiger partial charge in [-0.2, -0.15) is 0 Å². The van der Waals surface area contributed by atoms with Crippen molar-refractivity contribution in [2.45, 2.75) is 52.1 Å². The fraction of sp³-hybridized carbons (Fsp3) is 0.647. The van der Waals surface area contributed by atoms with Gasteiger partial charge in [-0.1, -0.05) is 26.8 Å². The summed E-state index contributed by atoms with van der Waals surface area (Å²) in [5, 5.41) is 0. The van der Waals surface area contributed by atoms with Crippen LogP contribution in [0.2, 0.25) is 0 Å². The number of hydrogen-bond acceptors (Lipinski definition) is 3. The van der Waals surface area contributed by atoms with Crippen molar-refractivity contribution in [3.8, 4) is 0 Å². The van der Waals surface area contributed by atoms with Crippen LogP contribution in [0.4, 0.5) is 5.82 Å². The van der Waals surface area contributed by atoms with E-state index in [9.17, 15) is 4.21 Å². The maximum absolute atomic E-state index is 12.3. The lowest BCUT2D eigenvalue weighted by Gasteiger charge is -2.45. The average molecular weight is 324 g/mol. The third kappa shape index (κ3) is 3.63. The second-order valence-electron chi connectivity index (χ2n) is 7.58. The second-order valence-corrected chi connectivity index (χ2v) is 9.92. The Labute approximate surface area is 135 Å². The van der Waals surface area contributed by atoms with Crippen LogP contribution in [-0.4, -0.2) is 50.8 Å². The quantitative estimate of drug-likeness (QED) is 0.785. The number of nitrogens with zero attached hydrogens (tertiary/aromatic N) is 3. The molecule has 0 saturated carbocycles. The molecule has 3 unspecified atom stereocenters. The van der Waals surface area contributed by atoms with Gasteiger partial charge < -0.3 is 4.90 Å². The Morgan fingerprint density at radius 3 is 2.14 bits per heavy atom. The number of piperazine rings is 1. The molecule has 0 amide bonds. The van der Waals surface area contributed by atoms with Gasteiger partial charge in [-0.05, 0) is 36.8 Å². The molecule has 0 N–H and O–H groups in total. The SMILES string of the molecule is C=S(C)(=O)N1C(C)CN(c2ccc(C(C)(C)C)cn2)CC1C. The van der Waals surface area contributed by atoms with E-state index in [1.54, 1.807) is 6.26 Å². The highest BCUT2D eigenvalue weighted by molar-refractivity contribution is 7.97. The van der Waals surface area contributed by atoms with Crippen LogP contribution in [0.5, 0.6) is 0 Å². The molecule has 2 rings (SSSR count). The molecule has 3 atom stereocenters. The highest BCUT2D eigenvalue weighted by Gasteiger charge is 2.33. The van der Waals surface area contributed by atoms with E-state index in [-0.39, 0.29) is 17.5 Å². The van der Waals surface area contributed by atoms with E-state index in [2.05, 4.69) is 62.5 Å². The van der Waals surface area contributed by atoms with Crippen molar-refractivity contribution in [1.82, 2.24) is 9.29 Å². The van der Waals surface area contributed by atoms with Crippen LogP contribution in [0.1, 0.15) is 40.2 Å². The standard InChI is InChI=1S/C17H29N3OS/c1-13-11-19(12-14(2)20(13)22(6,7)21)16-9-8-15(10-18-16)17(3,4)5/h8-10,13-14H,6,11-12H2,1-5,7H3. The molecule has 0 bridgehead atoms. The molecule has 1 saturated heterocycles. The topological polar surface area (TPSA) is 36.4 Å². The predicted octanol–water partition coefficient (Wildman–Crippen LogP) is 2.54. The lowest BCUT2D eigenvalue weighted by molar-refractivity contribution is 0.252. The minimum absolute atomic E-state index is 0.117. The minimum atomic E-state index is -2.17. The van der Waals surface area contributed by atoms with Gasteiger partial charge in [0.25, 0.3) is 0 Å². The van der Waals surface area contributed by atoms with Crippen LogP contribution in [-0.2, 0) is 15.1 Å². The Hall–Kier alpha value is -1.07. The van der Waals surface area contributed by atoms with E-state index in [1.807, 2.05) is 10.5 Å². The average Bonchev–Trinajstić information content (AvgIpc) is 2.35. The van der Waals surface area contributed by atoms with E-state index in [1.165, 1.54) is 5.56 Å². The highest BCUT2D eigenvalue weighted by atomic mass is 32.2. The van der Waals surface area contributed by atoms with E-state index < -0.39 is 9.71 Å². The molecule has 1 aromatic heterocycles. The Kier molecular flexibility index (Phi) is 4.60. The Balaban J connectivity index is 2.19. The van der Waals surface area contributed by atoms with Gasteiger partial charge in [0, 0.05) is 47.3 Å². The molecular weight excluding hydrogens is 294 g/mol. The van der Waals surface area contributed by atoms with E-state index in [0.29, 0.717) is 0 Å². The zero-order valence-electron chi connectivity index (χ0n) is 14.7. The van der Waals surface area contributed by atoms with Gasteiger partial charge in [0.1, 0.15) is 5.82 Å². The molecule has 2 heterocycles. The number of aromatic nitrogens is 1. The maximum Gasteiger partial charge on any atom is 0.128 e. The van der Waals surface area contributed by atoms with Gasteiger partial charge in [0.15, 0.2) is 0 Å². The number of pyridine rings is 1. The summed E-state index contributed by atoms with van der Waals surface area (Å²) in [6.07, 6.45) is 3.70. The third-order valence-corrected chi connectivity index (χ3v) is 5.83. The first-order valence-electron chi connectivity index (χ1n) is 7.82. The predicted molar refractivity (Wildman–Crippen MR) is 97.1 cm³/mol. The lowest BCUT2D eigenvalue weighted by atomic mass is 9.88. The largest absolute Gasteiger partial charge is 0.353 e. The summed E-state index contributed by atoms with van der Waals surface area (Å²) < 4.78 is 14.4. The second kappa shape index (κ2) is 5.85. The monoisotopic (exact) mass is 323 g/mol. The summed E-state index contributed by atoms with van der Waals surface area (Å²) in [4.78, 5) is 6.93. The zero-order chi connectivity index (χ0) is 16.7. The molecule has 0 aliphatic carbocycles. The molecule has 1 aliphatic rings. The smallest absolute Gasteiger partial charge is 0.128 e.